The van der Waals surface area contributed by atoms with Crippen LogP contribution in [0.1, 0.15) is 45.0 Å². The van der Waals surface area contributed by atoms with E-state index in [1.54, 1.807) is 19.1 Å². The average molecular weight is 430 g/mol. The summed E-state index contributed by atoms with van der Waals surface area (Å²) in [5.41, 5.74) is 0.450. The summed E-state index contributed by atoms with van der Waals surface area (Å²) in [6.07, 6.45) is 7.51. The number of amides is 1. The molecule has 1 aliphatic heterocycles. The SMILES string of the molecule is COc1ccc(C=CC2CCC(Cc3ncon3)N(C(=O)OC(C)(C)C)C2)cc1OC. The van der Waals surface area contributed by atoms with Crippen LogP contribution in [0.4, 0.5) is 4.79 Å². The van der Waals surface area contributed by atoms with Gasteiger partial charge in [0.05, 0.1) is 14.2 Å². The summed E-state index contributed by atoms with van der Waals surface area (Å²) in [6, 6.07) is 5.76. The van der Waals surface area contributed by atoms with Gasteiger partial charge in [-0.1, -0.05) is 23.4 Å². The van der Waals surface area contributed by atoms with Crippen LogP contribution in [0.5, 0.6) is 11.5 Å². The standard InChI is InChI=1S/C23H31N3O5/c1-23(2,3)31-22(27)26-14-17(8-10-18(26)13-21-24-15-30-25-21)7-6-16-9-11-19(28-4)20(12-16)29-5/h6-7,9,11-12,15,17-18H,8,10,13-14H2,1-5H3. The lowest BCUT2D eigenvalue weighted by molar-refractivity contribution is 0.00558. The zero-order chi connectivity index (χ0) is 22.4. The molecule has 1 aliphatic rings. The Labute approximate surface area is 183 Å². The van der Waals surface area contributed by atoms with Crippen LogP contribution < -0.4 is 9.47 Å². The van der Waals surface area contributed by atoms with Gasteiger partial charge >= 0.3 is 6.09 Å². The zero-order valence-corrected chi connectivity index (χ0v) is 18.8. The van der Waals surface area contributed by atoms with E-state index in [9.17, 15) is 4.79 Å². The fourth-order valence-electron chi connectivity index (χ4n) is 3.67. The van der Waals surface area contributed by atoms with E-state index in [4.69, 9.17) is 18.7 Å². The van der Waals surface area contributed by atoms with Crippen molar-refractivity contribution < 1.29 is 23.5 Å². The number of likely N-dealkylation sites (tertiary alicyclic amines) is 1. The summed E-state index contributed by atoms with van der Waals surface area (Å²) in [5, 5.41) is 3.90. The van der Waals surface area contributed by atoms with E-state index in [0.29, 0.717) is 30.3 Å². The number of ether oxygens (including phenoxy) is 3. The molecule has 0 bridgehead atoms. The number of rotatable bonds is 6. The van der Waals surface area contributed by atoms with Crippen molar-refractivity contribution in [3.05, 3.63) is 42.1 Å². The van der Waals surface area contributed by atoms with Gasteiger partial charge in [-0.05, 0) is 57.2 Å². The van der Waals surface area contributed by atoms with Gasteiger partial charge in [0.25, 0.3) is 0 Å². The molecule has 3 rings (SSSR count). The molecule has 2 unspecified atom stereocenters. The molecule has 1 aromatic carbocycles. The number of piperidine rings is 1. The first kappa shape index (κ1) is 22.7. The van der Waals surface area contributed by atoms with Crippen LogP contribution in [-0.2, 0) is 11.2 Å². The Hall–Kier alpha value is -3.03. The Morgan fingerprint density at radius 2 is 2.00 bits per heavy atom. The van der Waals surface area contributed by atoms with E-state index in [1.165, 1.54) is 6.39 Å². The molecule has 168 valence electrons. The number of nitrogens with zero attached hydrogens (tertiary/aromatic N) is 3. The molecule has 0 aliphatic carbocycles. The van der Waals surface area contributed by atoms with Crippen LogP contribution in [0.3, 0.4) is 0 Å². The monoisotopic (exact) mass is 429 g/mol. The summed E-state index contributed by atoms with van der Waals surface area (Å²) in [4.78, 5) is 18.8. The van der Waals surface area contributed by atoms with E-state index >= 15 is 0 Å². The van der Waals surface area contributed by atoms with Crippen molar-refractivity contribution in [3.63, 3.8) is 0 Å². The maximum atomic E-state index is 12.9. The number of aromatic nitrogens is 2. The molecule has 0 spiro atoms. The third-order valence-electron chi connectivity index (χ3n) is 5.16. The van der Waals surface area contributed by atoms with Crippen molar-refractivity contribution >= 4 is 12.2 Å². The quantitative estimate of drug-likeness (QED) is 0.674. The van der Waals surface area contributed by atoms with Crippen LogP contribution in [-0.4, -0.2) is 53.5 Å². The zero-order valence-electron chi connectivity index (χ0n) is 18.8. The smallest absolute Gasteiger partial charge is 0.410 e. The summed E-state index contributed by atoms with van der Waals surface area (Å²) in [6.45, 7) is 6.19. The predicted octanol–water partition coefficient (Wildman–Crippen LogP) is 4.36. The Morgan fingerprint density at radius 3 is 2.65 bits per heavy atom. The molecule has 1 aromatic heterocycles. The highest BCUT2D eigenvalue weighted by molar-refractivity contribution is 5.69. The average Bonchev–Trinajstić information content (AvgIpc) is 3.24. The number of hydrogen-bond donors (Lipinski definition) is 0. The summed E-state index contributed by atoms with van der Waals surface area (Å²) < 4.78 is 21.2. The van der Waals surface area contributed by atoms with Crippen LogP contribution in [0.2, 0.25) is 0 Å². The van der Waals surface area contributed by atoms with Crippen LogP contribution >= 0.6 is 0 Å². The highest BCUT2D eigenvalue weighted by atomic mass is 16.6. The second kappa shape index (κ2) is 9.85. The van der Waals surface area contributed by atoms with Crippen molar-refractivity contribution in [1.29, 1.82) is 0 Å². The molecule has 31 heavy (non-hydrogen) atoms. The normalized spacial score (nSPS) is 19.5. The number of carbonyl (C=O) groups is 1. The first-order valence-corrected chi connectivity index (χ1v) is 10.4. The van der Waals surface area contributed by atoms with Gasteiger partial charge in [-0.25, -0.2) is 4.79 Å². The highest BCUT2D eigenvalue weighted by Gasteiger charge is 2.34. The topological polar surface area (TPSA) is 86.9 Å². The van der Waals surface area contributed by atoms with Gasteiger partial charge in [0.1, 0.15) is 5.60 Å². The van der Waals surface area contributed by atoms with E-state index in [1.807, 2.05) is 39.0 Å². The molecule has 0 N–H and O–H groups in total. The first-order chi connectivity index (χ1) is 14.8. The third kappa shape index (κ3) is 6.23. The van der Waals surface area contributed by atoms with Crippen molar-refractivity contribution in [1.82, 2.24) is 15.0 Å². The van der Waals surface area contributed by atoms with Crippen LogP contribution in [0.15, 0.2) is 35.2 Å². The molecular weight excluding hydrogens is 398 g/mol. The van der Waals surface area contributed by atoms with E-state index < -0.39 is 5.60 Å². The number of carbonyl (C=O) groups excluding carboxylic acids is 1. The molecule has 2 aromatic rings. The molecule has 2 atom stereocenters. The summed E-state index contributed by atoms with van der Waals surface area (Å²) in [5.74, 6) is 2.18. The minimum Gasteiger partial charge on any atom is -0.493 e. The fourth-order valence-corrected chi connectivity index (χ4v) is 3.67. The molecule has 2 heterocycles. The Morgan fingerprint density at radius 1 is 1.23 bits per heavy atom. The van der Waals surface area contributed by atoms with Gasteiger partial charge in [-0.3, -0.25) is 0 Å². The Bertz CT molecular complexity index is 889. The molecule has 1 amide bonds. The maximum Gasteiger partial charge on any atom is 0.410 e. The molecule has 1 fully saturated rings. The number of methoxy groups -OCH3 is 2. The van der Waals surface area contributed by atoms with Gasteiger partial charge in [0.15, 0.2) is 17.3 Å². The van der Waals surface area contributed by atoms with Gasteiger partial charge in [-0.15, -0.1) is 0 Å². The molecule has 1 saturated heterocycles. The minimum absolute atomic E-state index is 0.0295. The predicted molar refractivity (Wildman–Crippen MR) is 116 cm³/mol. The van der Waals surface area contributed by atoms with Crippen LogP contribution in [0.25, 0.3) is 6.08 Å². The lowest BCUT2D eigenvalue weighted by Crippen LogP contribution is -2.49. The highest BCUT2D eigenvalue weighted by Crippen LogP contribution is 2.30. The fraction of sp³-hybridized carbons (Fsp3) is 0.522. The Kier molecular flexibility index (Phi) is 7.20. The summed E-state index contributed by atoms with van der Waals surface area (Å²) in [7, 11) is 3.24. The number of hydrogen-bond acceptors (Lipinski definition) is 7. The summed E-state index contributed by atoms with van der Waals surface area (Å²) >= 11 is 0. The van der Waals surface area contributed by atoms with Crippen LogP contribution in [0, 0.1) is 5.92 Å². The Balaban J connectivity index is 1.73. The second-order valence-electron chi connectivity index (χ2n) is 8.65. The van der Waals surface area contributed by atoms with Crippen molar-refractivity contribution in [2.75, 3.05) is 20.8 Å². The van der Waals surface area contributed by atoms with Gasteiger partial charge in [-0.2, -0.15) is 4.98 Å². The minimum atomic E-state index is -0.559. The third-order valence-corrected chi connectivity index (χ3v) is 5.16. The van der Waals surface area contributed by atoms with Crippen molar-refractivity contribution in [2.24, 2.45) is 5.92 Å². The van der Waals surface area contributed by atoms with E-state index in [0.717, 1.165) is 18.4 Å². The molecule has 8 nitrogen and oxygen atoms in total. The number of benzene rings is 1. The lowest BCUT2D eigenvalue weighted by Gasteiger charge is -2.39. The molecule has 8 heteroatoms. The largest absolute Gasteiger partial charge is 0.493 e. The van der Waals surface area contributed by atoms with E-state index in [2.05, 4.69) is 22.3 Å². The molecule has 0 saturated carbocycles. The first-order valence-electron chi connectivity index (χ1n) is 10.4. The second-order valence-corrected chi connectivity index (χ2v) is 8.65. The van der Waals surface area contributed by atoms with Gasteiger partial charge in [0, 0.05) is 19.0 Å². The van der Waals surface area contributed by atoms with Crippen molar-refractivity contribution in [2.45, 2.75) is 51.7 Å². The lowest BCUT2D eigenvalue weighted by atomic mass is 9.90. The molecular formula is C23H31N3O5. The maximum absolute atomic E-state index is 12.9. The van der Waals surface area contributed by atoms with Gasteiger partial charge in [0.2, 0.25) is 6.39 Å². The van der Waals surface area contributed by atoms with Crippen molar-refractivity contribution in [3.8, 4) is 11.5 Å². The molecule has 0 radical (unpaired) electrons. The van der Waals surface area contributed by atoms with Gasteiger partial charge < -0.3 is 23.6 Å². The van der Waals surface area contributed by atoms with E-state index in [-0.39, 0.29) is 18.1 Å².